The zero-order valence-corrected chi connectivity index (χ0v) is 19.4. The molecule has 0 bridgehead atoms. The van der Waals surface area contributed by atoms with Crippen LogP contribution < -0.4 is 21.3 Å². The van der Waals surface area contributed by atoms with E-state index in [1.807, 2.05) is 6.07 Å². The fraction of sp³-hybridized carbons (Fsp3) is 0.154. The van der Waals surface area contributed by atoms with Gasteiger partial charge in [0.05, 0.1) is 6.20 Å². The molecule has 0 radical (unpaired) electrons. The van der Waals surface area contributed by atoms with Crippen molar-refractivity contribution in [2.45, 2.75) is 25.4 Å². The number of amides is 3. The number of carbonyl (C=O) groups excluding carboxylic acids is 2. The lowest BCUT2D eigenvalue weighted by Gasteiger charge is -2.14. The summed E-state index contributed by atoms with van der Waals surface area (Å²) < 4.78 is 30.2. The maximum absolute atomic E-state index is 14.5. The molecule has 6 rings (SSSR count). The summed E-state index contributed by atoms with van der Waals surface area (Å²) >= 11 is 0. The predicted molar refractivity (Wildman–Crippen MR) is 133 cm³/mol. The summed E-state index contributed by atoms with van der Waals surface area (Å²) in [5.74, 6) is -0.235. The van der Waals surface area contributed by atoms with Gasteiger partial charge in [-0.2, -0.15) is 9.61 Å². The van der Waals surface area contributed by atoms with Crippen LogP contribution in [0.1, 0.15) is 24.0 Å². The number of nitrogens with one attached hydrogen (secondary N) is 4. The van der Waals surface area contributed by atoms with Crippen molar-refractivity contribution in [1.82, 2.24) is 25.2 Å². The first-order valence-corrected chi connectivity index (χ1v) is 11.7. The second kappa shape index (κ2) is 9.01. The molecule has 2 aromatic heterocycles. The zero-order chi connectivity index (χ0) is 25.5. The number of rotatable bonds is 7. The number of hydrogen-bond donors (Lipinski definition) is 4. The van der Waals surface area contributed by atoms with Gasteiger partial charge in [0.1, 0.15) is 29.0 Å². The van der Waals surface area contributed by atoms with E-state index in [2.05, 4.69) is 31.3 Å². The molecule has 1 saturated carbocycles. The molecule has 1 aliphatic heterocycles. The molecule has 0 unspecified atom stereocenters. The highest BCUT2D eigenvalue weighted by molar-refractivity contribution is 6.14. The number of anilines is 2. The molecule has 1 saturated heterocycles. The monoisotopic (exact) mass is 501 g/mol. The summed E-state index contributed by atoms with van der Waals surface area (Å²) in [5.41, 5.74) is 2.52. The molecule has 9 nitrogen and oxygen atoms in total. The number of nitrogens with zero attached hydrogens (tertiary/aromatic N) is 3. The van der Waals surface area contributed by atoms with E-state index in [-0.39, 0.29) is 12.2 Å². The molecular weight excluding hydrogens is 480 g/mol. The van der Waals surface area contributed by atoms with Crippen molar-refractivity contribution in [2.24, 2.45) is 0 Å². The summed E-state index contributed by atoms with van der Waals surface area (Å²) in [7, 11) is 0. The lowest BCUT2D eigenvalue weighted by molar-refractivity contribution is -0.115. The molecule has 0 spiro atoms. The maximum atomic E-state index is 14.5. The Labute approximate surface area is 209 Å². The average molecular weight is 501 g/mol. The van der Waals surface area contributed by atoms with Crippen LogP contribution in [0.15, 0.2) is 60.4 Å². The number of benzene rings is 2. The Morgan fingerprint density at radius 1 is 1.05 bits per heavy atom. The van der Waals surface area contributed by atoms with Crippen molar-refractivity contribution in [3.05, 3.63) is 83.2 Å². The molecular formula is C26H21F2N7O2. The lowest BCUT2D eigenvalue weighted by atomic mass is 9.99. The van der Waals surface area contributed by atoms with Gasteiger partial charge in [0, 0.05) is 29.8 Å². The van der Waals surface area contributed by atoms with Crippen LogP contribution in [0.5, 0.6) is 0 Å². The van der Waals surface area contributed by atoms with E-state index >= 15 is 0 Å². The molecule has 4 aromatic rings. The van der Waals surface area contributed by atoms with Gasteiger partial charge in [-0.3, -0.25) is 10.1 Å². The van der Waals surface area contributed by atoms with Gasteiger partial charge < -0.3 is 16.0 Å². The summed E-state index contributed by atoms with van der Waals surface area (Å²) in [6, 6.07) is 12.0. The molecule has 0 atom stereocenters. The molecule has 2 aliphatic rings. The molecule has 2 fully saturated rings. The zero-order valence-electron chi connectivity index (χ0n) is 19.4. The topological polar surface area (TPSA) is 112 Å². The summed E-state index contributed by atoms with van der Waals surface area (Å²) in [6.45, 7) is 0.249. The molecule has 2 aromatic carbocycles. The van der Waals surface area contributed by atoms with E-state index in [1.54, 1.807) is 35.0 Å². The highest BCUT2D eigenvalue weighted by Crippen LogP contribution is 2.30. The Kier molecular flexibility index (Phi) is 5.52. The Morgan fingerprint density at radius 2 is 1.89 bits per heavy atom. The van der Waals surface area contributed by atoms with Gasteiger partial charge in [0.25, 0.3) is 5.91 Å². The summed E-state index contributed by atoms with van der Waals surface area (Å²) in [6.07, 6.45) is 5.15. The molecule has 11 heteroatoms. The van der Waals surface area contributed by atoms with Crippen LogP contribution >= 0.6 is 0 Å². The Bertz CT molecular complexity index is 1590. The number of carbonyl (C=O) groups is 2. The largest absolute Gasteiger partial charge is 0.367 e. The summed E-state index contributed by atoms with van der Waals surface area (Å²) in [4.78, 5) is 28.2. The van der Waals surface area contributed by atoms with E-state index in [0.29, 0.717) is 45.6 Å². The van der Waals surface area contributed by atoms with E-state index in [0.717, 1.165) is 12.8 Å². The second-order valence-corrected chi connectivity index (χ2v) is 8.88. The average Bonchev–Trinajstić information content (AvgIpc) is 3.51. The van der Waals surface area contributed by atoms with Crippen LogP contribution in [0, 0.1) is 11.6 Å². The first-order valence-electron chi connectivity index (χ1n) is 11.7. The van der Waals surface area contributed by atoms with Crippen molar-refractivity contribution in [2.75, 3.05) is 10.6 Å². The molecule has 4 N–H and O–H groups in total. The van der Waals surface area contributed by atoms with E-state index in [9.17, 15) is 18.4 Å². The number of hydrogen-bond acceptors (Lipinski definition) is 6. The van der Waals surface area contributed by atoms with Crippen molar-refractivity contribution >= 4 is 35.3 Å². The van der Waals surface area contributed by atoms with Crippen LogP contribution in [-0.4, -0.2) is 32.6 Å². The number of aromatic nitrogens is 3. The third-order valence-corrected chi connectivity index (χ3v) is 6.14. The van der Waals surface area contributed by atoms with Crippen molar-refractivity contribution in [1.29, 1.82) is 0 Å². The SMILES string of the molecule is O=C1NC(=O)/C(=C/c2cnn3c(NC4CC4)cc(NCc4ccc(F)cc4-c4ccccc4F)nc23)N1. The minimum atomic E-state index is -0.593. The minimum absolute atomic E-state index is 0.0950. The molecule has 37 heavy (non-hydrogen) atoms. The Morgan fingerprint density at radius 3 is 2.65 bits per heavy atom. The third-order valence-electron chi connectivity index (χ3n) is 6.14. The van der Waals surface area contributed by atoms with Crippen LogP contribution in [0.4, 0.5) is 25.2 Å². The van der Waals surface area contributed by atoms with E-state index in [1.165, 1.54) is 24.3 Å². The fourth-order valence-corrected chi connectivity index (χ4v) is 4.17. The number of fused-ring (bicyclic) bond motifs is 1. The van der Waals surface area contributed by atoms with Gasteiger partial charge in [0.2, 0.25) is 0 Å². The third kappa shape index (κ3) is 4.58. The standard InChI is InChI=1S/C26H21F2N7O2/c27-16-6-5-14(19(10-16)18-3-1-2-4-20(18)28)12-29-22-11-23(31-17-7-8-17)35-24(33-22)15(13-30-35)9-21-25(36)34-26(37)32-21/h1-6,9-11,13,17,31H,7-8,12H2,(H,29,33)(H2,32,34,36,37)/b21-9-. The van der Waals surface area contributed by atoms with Gasteiger partial charge in [-0.1, -0.05) is 24.3 Å². The van der Waals surface area contributed by atoms with Crippen molar-refractivity contribution < 1.29 is 18.4 Å². The molecule has 3 amide bonds. The lowest BCUT2D eigenvalue weighted by Crippen LogP contribution is -2.22. The van der Waals surface area contributed by atoms with Gasteiger partial charge in [-0.25, -0.2) is 18.6 Å². The van der Waals surface area contributed by atoms with Crippen molar-refractivity contribution in [3.8, 4) is 11.1 Å². The number of halogens is 2. The highest BCUT2D eigenvalue weighted by atomic mass is 19.1. The summed E-state index contributed by atoms with van der Waals surface area (Å²) in [5, 5.41) is 15.7. The van der Waals surface area contributed by atoms with Crippen LogP contribution in [0.25, 0.3) is 22.9 Å². The van der Waals surface area contributed by atoms with Crippen LogP contribution in [0.3, 0.4) is 0 Å². The van der Waals surface area contributed by atoms with Gasteiger partial charge in [-0.05, 0) is 48.2 Å². The predicted octanol–water partition coefficient (Wildman–Crippen LogP) is 4.04. The van der Waals surface area contributed by atoms with Gasteiger partial charge >= 0.3 is 6.03 Å². The number of urea groups is 1. The number of imide groups is 1. The Hall–Kier alpha value is -4.80. The first kappa shape index (κ1) is 22.7. The van der Waals surface area contributed by atoms with Crippen LogP contribution in [-0.2, 0) is 11.3 Å². The first-order chi connectivity index (χ1) is 17.9. The smallest absolute Gasteiger partial charge is 0.326 e. The highest BCUT2D eigenvalue weighted by Gasteiger charge is 2.25. The van der Waals surface area contributed by atoms with Crippen LogP contribution in [0.2, 0.25) is 0 Å². The minimum Gasteiger partial charge on any atom is -0.367 e. The molecule has 3 heterocycles. The van der Waals surface area contributed by atoms with Gasteiger partial charge in [0.15, 0.2) is 5.65 Å². The normalized spacial score (nSPS) is 16.2. The second-order valence-electron chi connectivity index (χ2n) is 8.88. The maximum Gasteiger partial charge on any atom is 0.326 e. The van der Waals surface area contributed by atoms with Crippen molar-refractivity contribution in [3.63, 3.8) is 0 Å². The molecule has 186 valence electrons. The van der Waals surface area contributed by atoms with E-state index < -0.39 is 23.6 Å². The quantitative estimate of drug-likeness (QED) is 0.225. The van der Waals surface area contributed by atoms with E-state index in [4.69, 9.17) is 0 Å². The Balaban J connectivity index is 1.36. The van der Waals surface area contributed by atoms with Gasteiger partial charge in [-0.15, -0.1) is 0 Å². The molecule has 1 aliphatic carbocycles. The fourth-order valence-electron chi connectivity index (χ4n) is 4.17.